The third-order valence-electron chi connectivity index (χ3n) is 1.52. The quantitative estimate of drug-likeness (QED) is 0.374. The molecule has 0 bridgehead atoms. The molecule has 0 aromatic heterocycles. The second-order valence-corrected chi connectivity index (χ2v) is 2.67. The summed E-state index contributed by atoms with van der Waals surface area (Å²) in [5, 5.41) is 11.9. The molecular weight excluding hydrogens is 206 g/mol. The first-order chi connectivity index (χ1) is 7.00. The van der Waals surface area contributed by atoms with Gasteiger partial charge < -0.3 is 5.11 Å². The molecule has 1 heterocycles. The standard InChI is InChI=1S/C7H7N3O5/c11-4(12)2-8-1-3-5(13)9-7(15)10-6(3)14/h1,3H,2H2,(H,11,12)(H2,9,10,13,14,15). The van der Waals surface area contributed by atoms with Crippen molar-refractivity contribution < 1.29 is 24.3 Å². The van der Waals surface area contributed by atoms with E-state index in [4.69, 9.17) is 5.11 Å². The van der Waals surface area contributed by atoms with Gasteiger partial charge in [-0.15, -0.1) is 0 Å². The van der Waals surface area contributed by atoms with Crippen LogP contribution < -0.4 is 10.6 Å². The van der Waals surface area contributed by atoms with Gasteiger partial charge in [-0.2, -0.15) is 0 Å². The minimum atomic E-state index is -1.26. The lowest BCUT2D eigenvalue weighted by Crippen LogP contribution is -2.56. The highest BCUT2D eigenvalue weighted by Gasteiger charge is 2.32. The summed E-state index contributed by atoms with van der Waals surface area (Å²) in [7, 11) is 0. The Kier molecular flexibility index (Phi) is 3.11. The summed E-state index contributed by atoms with van der Waals surface area (Å²) in [5.74, 6) is -4.09. The number of carboxylic acids is 1. The average molecular weight is 213 g/mol. The molecule has 1 saturated heterocycles. The van der Waals surface area contributed by atoms with Crippen LogP contribution in [0.4, 0.5) is 4.79 Å². The van der Waals surface area contributed by atoms with E-state index in [1.54, 1.807) is 0 Å². The Morgan fingerprint density at radius 1 is 1.33 bits per heavy atom. The zero-order valence-corrected chi connectivity index (χ0v) is 7.39. The van der Waals surface area contributed by atoms with Crippen LogP contribution in [0.3, 0.4) is 0 Å². The van der Waals surface area contributed by atoms with Crippen LogP contribution in [0.2, 0.25) is 0 Å². The van der Waals surface area contributed by atoms with Gasteiger partial charge >= 0.3 is 12.0 Å². The first kappa shape index (κ1) is 10.8. The summed E-state index contributed by atoms with van der Waals surface area (Å²) in [6, 6.07) is -0.895. The van der Waals surface area contributed by atoms with Gasteiger partial charge in [0.2, 0.25) is 11.8 Å². The molecule has 3 N–H and O–H groups in total. The monoisotopic (exact) mass is 213 g/mol. The van der Waals surface area contributed by atoms with Crippen molar-refractivity contribution in [2.75, 3.05) is 6.54 Å². The molecule has 8 heteroatoms. The second kappa shape index (κ2) is 4.31. The van der Waals surface area contributed by atoms with Crippen molar-refractivity contribution in [1.82, 2.24) is 10.6 Å². The number of carboxylic acid groups (broad SMARTS) is 1. The predicted octanol–water partition coefficient (Wildman–Crippen LogP) is -1.88. The Balaban J connectivity index is 2.64. The number of carbonyl (C=O) groups is 4. The number of aliphatic carboxylic acids is 1. The van der Waals surface area contributed by atoms with E-state index in [2.05, 4.69) is 4.99 Å². The molecule has 15 heavy (non-hydrogen) atoms. The largest absolute Gasteiger partial charge is 0.480 e. The molecule has 8 nitrogen and oxygen atoms in total. The minimum absolute atomic E-state index is 0.537. The van der Waals surface area contributed by atoms with Crippen molar-refractivity contribution in [3.8, 4) is 0 Å². The molecule has 0 radical (unpaired) electrons. The van der Waals surface area contributed by atoms with Crippen molar-refractivity contribution >= 4 is 30.0 Å². The van der Waals surface area contributed by atoms with Gasteiger partial charge in [-0.05, 0) is 0 Å². The van der Waals surface area contributed by atoms with Crippen LogP contribution in [0.25, 0.3) is 0 Å². The molecule has 0 aromatic rings. The van der Waals surface area contributed by atoms with Crippen LogP contribution in [-0.2, 0) is 14.4 Å². The number of amides is 4. The highest BCUT2D eigenvalue weighted by atomic mass is 16.4. The third kappa shape index (κ3) is 2.86. The summed E-state index contributed by atoms with van der Waals surface area (Å²) in [6.45, 7) is -0.537. The van der Waals surface area contributed by atoms with Crippen molar-refractivity contribution in [3.63, 3.8) is 0 Å². The van der Waals surface area contributed by atoms with Crippen LogP contribution in [-0.4, -0.2) is 41.7 Å². The maximum atomic E-state index is 11.1. The van der Waals surface area contributed by atoms with Crippen LogP contribution >= 0.6 is 0 Å². The van der Waals surface area contributed by atoms with Crippen LogP contribution in [0.5, 0.6) is 0 Å². The number of urea groups is 1. The van der Waals surface area contributed by atoms with E-state index in [-0.39, 0.29) is 0 Å². The number of aliphatic imine (C=N–C) groups is 1. The van der Waals surface area contributed by atoms with Gasteiger partial charge in [-0.1, -0.05) is 0 Å². The van der Waals surface area contributed by atoms with E-state index in [1.807, 2.05) is 10.6 Å². The van der Waals surface area contributed by atoms with Crippen molar-refractivity contribution in [2.24, 2.45) is 10.9 Å². The van der Waals surface area contributed by atoms with E-state index in [1.165, 1.54) is 0 Å². The molecule has 0 atom stereocenters. The lowest BCUT2D eigenvalue weighted by molar-refractivity contribution is -0.136. The second-order valence-electron chi connectivity index (χ2n) is 2.67. The van der Waals surface area contributed by atoms with E-state index < -0.39 is 36.3 Å². The fourth-order valence-corrected chi connectivity index (χ4v) is 0.901. The fourth-order valence-electron chi connectivity index (χ4n) is 0.901. The molecule has 0 aromatic carbocycles. The molecule has 1 rings (SSSR count). The SMILES string of the molecule is O=C(O)CN=CC1C(=O)NC(=O)NC1=O. The Morgan fingerprint density at radius 3 is 2.33 bits per heavy atom. The van der Waals surface area contributed by atoms with Crippen molar-refractivity contribution in [2.45, 2.75) is 0 Å². The number of imide groups is 2. The van der Waals surface area contributed by atoms with Crippen LogP contribution in [0.15, 0.2) is 4.99 Å². The molecule has 0 spiro atoms. The van der Waals surface area contributed by atoms with E-state index in [0.29, 0.717) is 0 Å². The molecule has 4 amide bonds. The zero-order chi connectivity index (χ0) is 11.4. The van der Waals surface area contributed by atoms with Gasteiger partial charge in [0.15, 0.2) is 5.92 Å². The normalized spacial score (nSPS) is 17.7. The van der Waals surface area contributed by atoms with Crippen molar-refractivity contribution in [3.05, 3.63) is 0 Å². The summed E-state index contributed by atoms with van der Waals surface area (Å²) >= 11 is 0. The molecule has 0 saturated carbocycles. The zero-order valence-electron chi connectivity index (χ0n) is 7.39. The fraction of sp³-hybridized carbons (Fsp3) is 0.286. The number of carbonyl (C=O) groups excluding carboxylic acids is 3. The highest BCUT2D eigenvalue weighted by Crippen LogP contribution is 1.98. The Bertz CT molecular complexity index is 342. The lowest BCUT2D eigenvalue weighted by atomic mass is 10.1. The maximum Gasteiger partial charge on any atom is 0.328 e. The summed E-state index contributed by atoms with van der Waals surface area (Å²) in [4.78, 5) is 46.2. The lowest BCUT2D eigenvalue weighted by Gasteiger charge is -2.16. The first-order valence-corrected chi connectivity index (χ1v) is 3.88. The molecule has 1 aliphatic heterocycles. The molecule has 1 aliphatic rings. The number of nitrogens with one attached hydrogen (secondary N) is 2. The van der Waals surface area contributed by atoms with Crippen molar-refractivity contribution in [1.29, 1.82) is 0 Å². The Morgan fingerprint density at radius 2 is 1.87 bits per heavy atom. The number of hydrogen-bond donors (Lipinski definition) is 3. The summed E-state index contributed by atoms with van der Waals surface area (Å²) < 4.78 is 0. The van der Waals surface area contributed by atoms with Gasteiger partial charge in [-0.25, -0.2) is 4.79 Å². The van der Waals surface area contributed by atoms with E-state index >= 15 is 0 Å². The predicted molar refractivity (Wildman–Crippen MR) is 46.2 cm³/mol. The molecule has 80 valence electrons. The third-order valence-corrected chi connectivity index (χ3v) is 1.52. The summed E-state index contributed by atoms with van der Waals surface area (Å²) in [6.07, 6.45) is 0.894. The summed E-state index contributed by atoms with van der Waals surface area (Å²) in [5.41, 5.74) is 0. The Labute approximate surface area is 83.4 Å². The Hall–Kier alpha value is -2.25. The van der Waals surface area contributed by atoms with E-state index in [0.717, 1.165) is 6.21 Å². The van der Waals surface area contributed by atoms with Gasteiger partial charge in [0, 0.05) is 6.21 Å². The molecule has 0 aliphatic carbocycles. The number of rotatable bonds is 3. The van der Waals surface area contributed by atoms with Crippen LogP contribution in [0, 0.1) is 5.92 Å². The minimum Gasteiger partial charge on any atom is -0.480 e. The smallest absolute Gasteiger partial charge is 0.328 e. The van der Waals surface area contributed by atoms with Gasteiger partial charge in [0.25, 0.3) is 0 Å². The number of barbiturate groups is 1. The number of nitrogens with zero attached hydrogens (tertiary/aromatic N) is 1. The number of hydrogen-bond acceptors (Lipinski definition) is 5. The van der Waals surface area contributed by atoms with E-state index in [9.17, 15) is 19.2 Å². The maximum absolute atomic E-state index is 11.1. The average Bonchev–Trinajstić information content (AvgIpc) is 2.08. The van der Waals surface area contributed by atoms with Crippen LogP contribution in [0.1, 0.15) is 0 Å². The molecular formula is C7H7N3O5. The molecule has 1 fully saturated rings. The van der Waals surface area contributed by atoms with Gasteiger partial charge in [0.05, 0.1) is 0 Å². The van der Waals surface area contributed by atoms with Gasteiger partial charge in [0.1, 0.15) is 6.54 Å². The molecule has 0 unspecified atom stereocenters. The topological polar surface area (TPSA) is 125 Å². The highest BCUT2D eigenvalue weighted by molar-refractivity contribution is 6.23. The first-order valence-electron chi connectivity index (χ1n) is 3.88. The van der Waals surface area contributed by atoms with Gasteiger partial charge in [-0.3, -0.25) is 30.0 Å².